The number of rotatable bonds is 3. The molecule has 1 fully saturated rings. The molecule has 3 rings (SSSR count). The Balaban J connectivity index is 2.03. The smallest absolute Gasteiger partial charge is 0.339 e. The van der Waals surface area contributed by atoms with E-state index in [9.17, 15) is 9.90 Å². The van der Waals surface area contributed by atoms with Crippen LogP contribution in [0.25, 0.3) is 11.1 Å². The fourth-order valence-corrected chi connectivity index (χ4v) is 2.99. The second-order valence-electron chi connectivity index (χ2n) is 5.52. The molecule has 23 heavy (non-hydrogen) atoms. The molecule has 1 N–H and O–H groups in total. The highest BCUT2D eigenvalue weighted by molar-refractivity contribution is 6.31. The summed E-state index contributed by atoms with van der Waals surface area (Å²) in [4.78, 5) is 18.0. The van der Waals surface area contributed by atoms with Crippen molar-refractivity contribution in [3.05, 3.63) is 46.6 Å². The lowest BCUT2D eigenvalue weighted by molar-refractivity contribution is 0.0696. The third-order valence-electron chi connectivity index (χ3n) is 3.78. The molecule has 2 heterocycles. The molecular formula is C17H17ClN2O3. The molecule has 0 atom stereocenters. The van der Waals surface area contributed by atoms with Crippen molar-refractivity contribution in [2.75, 3.05) is 31.2 Å². The Morgan fingerprint density at radius 2 is 1.96 bits per heavy atom. The molecule has 0 radical (unpaired) electrons. The number of hydrogen-bond donors (Lipinski definition) is 1. The van der Waals surface area contributed by atoms with E-state index in [-0.39, 0.29) is 5.56 Å². The van der Waals surface area contributed by atoms with Crippen molar-refractivity contribution >= 4 is 23.4 Å². The number of pyridine rings is 1. The van der Waals surface area contributed by atoms with Crippen LogP contribution in [0.15, 0.2) is 30.5 Å². The van der Waals surface area contributed by atoms with Crippen LogP contribution >= 0.6 is 11.6 Å². The molecule has 0 saturated carbocycles. The van der Waals surface area contributed by atoms with Gasteiger partial charge in [-0.3, -0.25) is 0 Å². The molecule has 1 aliphatic heterocycles. The summed E-state index contributed by atoms with van der Waals surface area (Å²) in [5.74, 6) is -0.497. The summed E-state index contributed by atoms with van der Waals surface area (Å²) in [5, 5.41) is 10.2. The Morgan fingerprint density at radius 1 is 1.22 bits per heavy atom. The van der Waals surface area contributed by atoms with Crippen LogP contribution in [0.1, 0.15) is 15.9 Å². The van der Waals surface area contributed by atoms with Crippen LogP contribution in [-0.4, -0.2) is 42.4 Å². The van der Waals surface area contributed by atoms with Crippen LogP contribution in [-0.2, 0) is 4.74 Å². The van der Waals surface area contributed by atoms with Crippen LogP contribution in [0.3, 0.4) is 0 Å². The van der Waals surface area contributed by atoms with Crippen molar-refractivity contribution in [1.82, 2.24) is 4.98 Å². The van der Waals surface area contributed by atoms with Gasteiger partial charge in [-0.1, -0.05) is 17.7 Å². The first-order chi connectivity index (χ1) is 11.0. The minimum Gasteiger partial charge on any atom is -0.478 e. The van der Waals surface area contributed by atoms with Gasteiger partial charge in [-0.2, -0.15) is 0 Å². The number of carboxylic acid groups (broad SMARTS) is 1. The van der Waals surface area contributed by atoms with Crippen LogP contribution in [0, 0.1) is 6.92 Å². The number of hydrogen-bond acceptors (Lipinski definition) is 4. The van der Waals surface area contributed by atoms with Gasteiger partial charge in [0.2, 0.25) is 0 Å². The Morgan fingerprint density at radius 3 is 2.61 bits per heavy atom. The van der Waals surface area contributed by atoms with E-state index in [0.29, 0.717) is 37.1 Å². The second-order valence-corrected chi connectivity index (χ2v) is 5.95. The van der Waals surface area contributed by atoms with Gasteiger partial charge in [-0.15, -0.1) is 0 Å². The zero-order valence-corrected chi connectivity index (χ0v) is 13.5. The van der Waals surface area contributed by atoms with Gasteiger partial charge in [-0.25, -0.2) is 9.78 Å². The van der Waals surface area contributed by atoms with Crippen molar-refractivity contribution in [3.8, 4) is 11.1 Å². The average molecular weight is 333 g/mol. The monoisotopic (exact) mass is 332 g/mol. The van der Waals surface area contributed by atoms with Crippen molar-refractivity contribution in [3.63, 3.8) is 0 Å². The van der Waals surface area contributed by atoms with Gasteiger partial charge in [0.1, 0.15) is 11.4 Å². The van der Waals surface area contributed by atoms with Gasteiger partial charge in [-0.05, 0) is 36.2 Å². The maximum Gasteiger partial charge on any atom is 0.339 e. The van der Waals surface area contributed by atoms with Crippen LogP contribution in [0.4, 0.5) is 5.82 Å². The summed E-state index contributed by atoms with van der Waals surface area (Å²) < 4.78 is 5.31. The number of morpholine rings is 1. The summed E-state index contributed by atoms with van der Waals surface area (Å²) in [6.07, 6.45) is 1.70. The fourth-order valence-electron chi connectivity index (χ4n) is 2.70. The summed E-state index contributed by atoms with van der Waals surface area (Å²) in [6.45, 7) is 4.39. The van der Waals surface area contributed by atoms with E-state index in [1.54, 1.807) is 12.3 Å². The van der Waals surface area contributed by atoms with E-state index in [4.69, 9.17) is 16.3 Å². The maximum absolute atomic E-state index is 11.7. The number of ether oxygens (including phenoxy) is 1. The molecule has 1 saturated heterocycles. The fraction of sp³-hybridized carbons (Fsp3) is 0.294. The van der Waals surface area contributed by atoms with Crippen molar-refractivity contribution in [2.45, 2.75) is 6.92 Å². The number of carboxylic acids is 1. The molecular weight excluding hydrogens is 316 g/mol. The highest BCUT2D eigenvalue weighted by atomic mass is 35.5. The van der Waals surface area contributed by atoms with Gasteiger partial charge in [0.15, 0.2) is 0 Å². The lowest BCUT2D eigenvalue weighted by Crippen LogP contribution is -2.37. The standard InChI is InChI=1S/C17H17ClN2O3/c1-11-6-12(8-14(18)7-11)13-9-15(17(21)22)16(19-10-13)20-2-4-23-5-3-20/h6-10H,2-5H2,1H3,(H,21,22). The topological polar surface area (TPSA) is 62.7 Å². The van der Waals surface area contributed by atoms with Crippen molar-refractivity contribution in [2.24, 2.45) is 0 Å². The normalized spacial score (nSPS) is 14.8. The first-order valence-corrected chi connectivity index (χ1v) is 7.76. The first kappa shape index (κ1) is 15.8. The predicted molar refractivity (Wildman–Crippen MR) is 89.4 cm³/mol. The van der Waals surface area contributed by atoms with E-state index in [0.717, 1.165) is 16.7 Å². The molecule has 0 bridgehead atoms. The van der Waals surface area contributed by atoms with E-state index in [1.807, 2.05) is 30.0 Å². The number of carbonyl (C=O) groups is 1. The summed E-state index contributed by atoms with van der Waals surface area (Å²) in [5.41, 5.74) is 2.81. The number of anilines is 1. The largest absolute Gasteiger partial charge is 0.478 e. The van der Waals surface area contributed by atoms with Gasteiger partial charge < -0.3 is 14.7 Å². The number of nitrogens with zero attached hydrogens (tertiary/aromatic N) is 2. The lowest BCUT2D eigenvalue weighted by atomic mass is 10.0. The molecule has 1 aromatic heterocycles. The van der Waals surface area contributed by atoms with Crippen LogP contribution in [0.2, 0.25) is 5.02 Å². The molecule has 0 unspecified atom stereocenters. The Bertz CT molecular complexity index is 722. The molecule has 0 amide bonds. The van der Waals surface area contributed by atoms with Crippen LogP contribution < -0.4 is 4.90 Å². The quantitative estimate of drug-likeness (QED) is 0.934. The molecule has 2 aromatic rings. The maximum atomic E-state index is 11.7. The SMILES string of the molecule is Cc1cc(Cl)cc(-c2cnc(N3CCOCC3)c(C(=O)O)c2)c1. The molecule has 0 spiro atoms. The third kappa shape index (κ3) is 3.46. The zero-order chi connectivity index (χ0) is 16.4. The highest BCUT2D eigenvalue weighted by Gasteiger charge is 2.20. The molecule has 0 aliphatic carbocycles. The molecule has 1 aromatic carbocycles. The van der Waals surface area contributed by atoms with Crippen molar-refractivity contribution in [1.29, 1.82) is 0 Å². The molecule has 5 nitrogen and oxygen atoms in total. The van der Waals surface area contributed by atoms with Gasteiger partial charge in [0.05, 0.1) is 13.2 Å². The Kier molecular flexibility index (Phi) is 4.50. The van der Waals surface area contributed by atoms with E-state index in [2.05, 4.69) is 4.98 Å². The number of halogens is 1. The minimum atomic E-state index is -0.986. The van der Waals surface area contributed by atoms with E-state index >= 15 is 0 Å². The summed E-state index contributed by atoms with van der Waals surface area (Å²) in [6, 6.07) is 7.29. The summed E-state index contributed by atoms with van der Waals surface area (Å²) in [7, 11) is 0. The third-order valence-corrected chi connectivity index (χ3v) is 4.00. The second kappa shape index (κ2) is 6.56. The van der Waals surface area contributed by atoms with Crippen LogP contribution in [0.5, 0.6) is 0 Å². The molecule has 120 valence electrons. The average Bonchev–Trinajstić information content (AvgIpc) is 2.54. The van der Waals surface area contributed by atoms with Gasteiger partial charge in [0.25, 0.3) is 0 Å². The lowest BCUT2D eigenvalue weighted by Gasteiger charge is -2.28. The molecule has 6 heteroatoms. The Hall–Kier alpha value is -2.11. The zero-order valence-electron chi connectivity index (χ0n) is 12.8. The van der Waals surface area contributed by atoms with Gasteiger partial charge >= 0.3 is 5.97 Å². The molecule has 1 aliphatic rings. The number of aromatic carboxylic acids is 1. The highest BCUT2D eigenvalue weighted by Crippen LogP contribution is 2.28. The van der Waals surface area contributed by atoms with Crippen molar-refractivity contribution < 1.29 is 14.6 Å². The van der Waals surface area contributed by atoms with E-state index < -0.39 is 5.97 Å². The predicted octanol–water partition coefficient (Wildman–Crippen LogP) is 3.25. The van der Waals surface area contributed by atoms with Gasteiger partial charge in [0, 0.05) is 29.9 Å². The number of aromatic nitrogens is 1. The van der Waals surface area contributed by atoms with E-state index in [1.165, 1.54) is 0 Å². The minimum absolute atomic E-state index is 0.196. The number of aryl methyl sites for hydroxylation is 1. The summed E-state index contributed by atoms with van der Waals surface area (Å²) >= 11 is 6.10. The first-order valence-electron chi connectivity index (χ1n) is 7.38. The Labute approximate surface area is 139 Å². The number of benzene rings is 1.